The monoisotopic (exact) mass is 457 g/mol. The number of guanidine groups is 1. The first kappa shape index (κ1) is 21.3. The van der Waals surface area contributed by atoms with E-state index in [1.54, 1.807) is 0 Å². The molecule has 0 aromatic carbocycles. The van der Waals surface area contributed by atoms with Gasteiger partial charge in [-0.15, -0.1) is 24.0 Å². The Bertz CT molecular complexity index is 359. The molecule has 1 atom stereocenters. The van der Waals surface area contributed by atoms with Crippen LogP contribution in [-0.2, 0) is 4.74 Å². The summed E-state index contributed by atoms with van der Waals surface area (Å²) >= 11 is 1.82. The molecule has 0 aromatic heterocycles. The van der Waals surface area contributed by atoms with Crippen LogP contribution in [0.1, 0.15) is 32.6 Å². The van der Waals surface area contributed by atoms with Crippen LogP contribution in [0.15, 0.2) is 4.99 Å². The molecule has 1 unspecified atom stereocenters. The maximum Gasteiger partial charge on any atom is 0.193 e. The third-order valence-electron chi connectivity index (χ3n) is 4.52. The second-order valence-electron chi connectivity index (χ2n) is 6.46. The van der Waals surface area contributed by atoms with Crippen molar-refractivity contribution in [2.24, 2.45) is 10.9 Å². The molecule has 0 spiro atoms. The average Bonchev–Trinajstić information content (AvgIpc) is 2.97. The van der Waals surface area contributed by atoms with Gasteiger partial charge in [-0.2, -0.15) is 11.8 Å². The number of aliphatic imine (C=N–C) groups is 1. The number of hydrogen-bond donors (Lipinski definition) is 2. The predicted octanol–water partition coefficient (Wildman–Crippen LogP) is 2.19. The van der Waals surface area contributed by atoms with E-state index < -0.39 is 5.60 Å². The molecule has 0 aromatic rings. The van der Waals surface area contributed by atoms with E-state index in [0.717, 1.165) is 56.1 Å². The van der Waals surface area contributed by atoms with Crippen molar-refractivity contribution in [3.63, 3.8) is 0 Å². The normalized spacial score (nSPS) is 26.0. The second-order valence-corrected chi connectivity index (χ2v) is 7.57. The number of rotatable bonds is 6. The molecule has 2 N–H and O–H groups in total. The maximum atomic E-state index is 10.4. The van der Waals surface area contributed by atoms with Gasteiger partial charge in [0.15, 0.2) is 5.96 Å². The van der Waals surface area contributed by atoms with Gasteiger partial charge in [0.25, 0.3) is 0 Å². The lowest BCUT2D eigenvalue weighted by Gasteiger charge is -2.27. The lowest BCUT2D eigenvalue weighted by atomic mass is 9.96. The number of nitrogens with one attached hydrogen (secondary N) is 1. The molecule has 2 aliphatic heterocycles. The SMILES string of the molecule is CCNC(=NCC1(O)CCSC1)N(C)CCC1CCOCC1.I. The summed E-state index contributed by atoms with van der Waals surface area (Å²) in [4.78, 5) is 6.87. The van der Waals surface area contributed by atoms with E-state index in [0.29, 0.717) is 6.54 Å². The van der Waals surface area contributed by atoms with Gasteiger partial charge in [0.2, 0.25) is 0 Å². The predicted molar refractivity (Wildman–Crippen MR) is 109 cm³/mol. The summed E-state index contributed by atoms with van der Waals surface area (Å²) in [5.41, 5.74) is -0.604. The van der Waals surface area contributed by atoms with Crippen molar-refractivity contribution in [3.8, 4) is 0 Å². The first-order valence-electron chi connectivity index (χ1n) is 8.50. The zero-order chi connectivity index (χ0) is 15.8. The molecule has 2 heterocycles. The molecule has 0 bridgehead atoms. The minimum atomic E-state index is -0.604. The molecule has 7 heteroatoms. The molecular formula is C16H32IN3O2S. The van der Waals surface area contributed by atoms with E-state index in [9.17, 15) is 5.11 Å². The van der Waals surface area contributed by atoms with Crippen LogP contribution in [0.3, 0.4) is 0 Å². The number of halogens is 1. The van der Waals surface area contributed by atoms with Crippen LogP contribution in [0.5, 0.6) is 0 Å². The molecule has 136 valence electrons. The number of thioether (sulfide) groups is 1. The lowest BCUT2D eigenvalue weighted by Crippen LogP contribution is -2.42. The van der Waals surface area contributed by atoms with E-state index in [2.05, 4.69) is 29.2 Å². The van der Waals surface area contributed by atoms with Gasteiger partial charge in [0.1, 0.15) is 0 Å². The van der Waals surface area contributed by atoms with Crippen molar-refractivity contribution in [1.82, 2.24) is 10.2 Å². The first-order chi connectivity index (χ1) is 10.6. The second kappa shape index (κ2) is 11.0. The summed E-state index contributed by atoms with van der Waals surface area (Å²) in [5, 5.41) is 13.8. The molecule has 0 amide bonds. The van der Waals surface area contributed by atoms with Gasteiger partial charge in [-0.25, -0.2) is 0 Å². The van der Waals surface area contributed by atoms with Crippen LogP contribution >= 0.6 is 35.7 Å². The Hall–Kier alpha value is 0.270. The van der Waals surface area contributed by atoms with E-state index in [-0.39, 0.29) is 24.0 Å². The van der Waals surface area contributed by atoms with Crippen LogP contribution in [0.25, 0.3) is 0 Å². The zero-order valence-corrected chi connectivity index (χ0v) is 17.6. The third kappa shape index (κ3) is 7.36. The summed E-state index contributed by atoms with van der Waals surface area (Å²) in [6.07, 6.45) is 4.40. The highest BCUT2D eigenvalue weighted by atomic mass is 127. The van der Waals surface area contributed by atoms with Crippen molar-refractivity contribution >= 4 is 41.7 Å². The van der Waals surface area contributed by atoms with Crippen molar-refractivity contribution in [2.75, 3.05) is 51.4 Å². The Morgan fingerprint density at radius 3 is 2.78 bits per heavy atom. The van der Waals surface area contributed by atoms with E-state index in [1.807, 2.05) is 11.8 Å². The Morgan fingerprint density at radius 1 is 1.43 bits per heavy atom. The first-order valence-corrected chi connectivity index (χ1v) is 9.66. The van der Waals surface area contributed by atoms with E-state index >= 15 is 0 Å². The molecule has 2 saturated heterocycles. The van der Waals surface area contributed by atoms with Crippen molar-refractivity contribution in [2.45, 2.75) is 38.2 Å². The minimum absolute atomic E-state index is 0. The molecule has 2 aliphatic rings. The molecule has 2 rings (SSSR count). The van der Waals surface area contributed by atoms with Gasteiger partial charge >= 0.3 is 0 Å². The fraction of sp³-hybridized carbons (Fsp3) is 0.938. The smallest absolute Gasteiger partial charge is 0.193 e. The van der Waals surface area contributed by atoms with Crippen LogP contribution in [0.4, 0.5) is 0 Å². The molecule has 2 fully saturated rings. The van der Waals surface area contributed by atoms with Crippen LogP contribution in [0, 0.1) is 5.92 Å². The lowest BCUT2D eigenvalue weighted by molar-refractivity contribution is 0.0624. The van der Waals surface area contributed by atoms with Gasteiger partial charge < -0.3 is 20.1 Å². The Balaban J connectivity index is 0.00000264. The minimum Gasteiger partial charge on any atom is -0.387 e. The van der Waals surface area contributed by atoms with Gasteiger partial charge in [-0.3, -0.25) is 4.99 Å². The zero-order valence-electron chi connectivity index (χ0n) is 14.4. The molecule has 23 heavy (non-hydrogen) atoms. The standard InChI is InChI=1S/C16H31N3O2S.HI/c1-3-17-15(18-12-16(20)7-11-22-13-16)19(2)8-4-14-5-9-21-10-6-14;/h14,20H,3-13H2,1-2H3,(H,17,18);1H. The van der Waals surface area contributed by atoms with Gasteiger partial charge in [0, 0.05) is 39.1 Å². The highest BCUT2D eigenvalue weighted by molar-refractivity contribution is 14.0. The van der Waals surface area contributed by atoms with Gasteiger partial charge in [-0.1, -0.05) is 0 Å². The van der Waals surface area contributed by atoms with Crippen LogP contribution in [-0.4, -0.2) is 73.0 Å². The third-order valence-corrected chi connectivity index (χ3v) is 5.75. The maximum absolute atomic E-state index is 10.4. The van der Waals surface area contributed by atoms with E-state index in [4.69, 9.17) is 4.74 Å². The fourth-order valence-corrected chi connectivity index (χ4v) is 4.21. The topological polar surface area (TPSA) is 57.1 Å². The van der Waals surface area contributed by atoms with Gasteiger partial charge in [0.05, 0.1) is 12.1 Å². The van der Waals surface area contributed by atoms with Gasteiger partial charge in [-0.05, 0) is 44.3 Å². The molecule has 5 nitrogen and oxygen atoms in total. The molecular weight excluding hydrogens is 425 g/mol. The number of hydrogen-bond acceptors (Lipinski definition) is 4. The van der Waals surface area contributed by atoms with Crippen molar-refractivity contribution in [3.05, 3.63) is 0 Å². The van der Waals surface area contributed by atoms with Crippen LogP contribution < -0.4 is 5.32 Å². The average molecular weight is 457 g/mol. The summed E-state index contributed by atoms with van der Waals surface area (Å²) in [7, 11) is 2.09. The Kier molecular flexibility index (Phi) is 10.2. The van der Waals surface area contributed by atoms with E-state index in [1.165, 1.54) is 19.3 Å². The van der Waals surface area contributed by atoms with Crippen molar-refractivity contribution < 1.29 is 9.84 Å². The highest BCUT2D eigenvalue weighted by Crippen LogP contribution is 2.28. The summed E-state index contributed by atoms with van der Waals surface area (Å²) in [5.74, 6) is 3.54. The summed E-state index contributed by atoms with van der Waals surface area (Å²) in [6, 6.07) is 0. The Morgan fingerprint density at radius 2 is 2.17 bits per heavy atom. The number of ether oxygens (including phenoxy) is 1. The Labute approximate surface area is 162 Å². The fourth-order valence-electron chi connectivity index (χ4n) is 2.93. The number of aliphatic hydroxyl groups is 1. The quantitative estimate of drug-likeness (QED) is 0.364. The largest absolute Gasteiger partial charge is 0.387 e. The summed E-state index contributed by atoms with van der Waals surface area (Å²) in [6.45, 7) is 6.27. The summed E-state index contributed by atoms with van der Waals surface area (Å²) < 4.78 is 5.42. The van der Waals surface area contributed by atoms with Crippen LogP contribution in [0.2, 0.25) is 0 Å². The number of nitrogens with zero attached hydrogens (tertiary/aromatic N) is 2. The van der Waals surface area contributed by atoms with Crippen molar-refractivity contribution in [1.29, 1.82) is 0 Å². The molecule has 0 aliphatic carbocycles. The molecule has 0 saturated carbocycles. The highest BCUT2D eigenvalue weighted by Gasteiger charge is 2.31. The molecule has 0 radical (unpaired) electrons.